The van der Waals surface area contributed by atoms with Gasteiger partial charge in [0.2, 0.25) is 0 Å². The number of hydrogen-bond acceptors (Lipinski definition) is 4. The minimum atomic E-state index is -0.170. The fourth-order valence-electron chi connectivity index (χ4n) is 1.35. The summed E-state index contributed by atoms with van der Waals surface area (Å²) < 4.78 is 0. The summed E-state index contributed by atoms with van der Waals surface area (Å²) in [5.74, 6) is -0.170. The Morgan fingerprint density at radius 2 is 2.19 bits per heavy atom. The second-order valence-electron chi connectivity index (χ2n) is 3.87. The van der Waals surface area contributed by atoms with Crippen LogP contribution in [0.25, 0.3) is 0 Å². The van der Waals surface area contributed by atoms with Gasteiger partial charge in [0.05, 0.1) is 17.0 Å². The van der Waals surface area contributed by atoms with Gasteiger partial charge in [-0.3, -0.25) is 4.79 Å². The lowest BCUT2D eigenvalue weighted by Gasteiger charge is -2.13. The van der Waals surface area contributed by atoms with Crippen LogP contribution in [0, 0.1) is 13.8 Å². The third-order valence-electron chi connectivity index (χ3n) is 2.28. The Morgan fingerprint density at radius 1 is 1.50 bits per heavy atom. The smallest absolute Gasteiger partial charge is 0.253 e. The Balaban J connectivity index is 2.76. The van der Waals surface area contributed by atoms with E-state index in [0.717, 1.165) is 0 Å². The molecule has 1 atom stereocenters. The van der Waals surface area contributed by atoms with E-state index in [-0.39, 0.29) is 18.6 Å². The number of nitrogens with one attached hydrogen (secondary N) is 1. The van der Waals surface area contributed by atoms with E-state index in [2.05, 4.69) is 15.5 Å². The highest BCUT2D eigenvalue weighted by molar-refractivity contribution is 5.95. The molecule has 16 heavy (non-hydrogen) atoms. The zero-order valence-electron chi connectivity index (χ0n) is 9.82. The first-order valence-electron chi connectivity index (χ1n) is 5.27. The molecule has 0 aromatic carbocycles. The van der Waals surface area contributed by atoms with Crippen LogP contribution >= 0.6 is 0 Å². The van der Waals surface area contributed by atoms with Crippen molar-refractivity contribution >= 4 is 5.91 Å². The lowest BCUT2D eigenvalue weighted by atomic mass is 10.1. The highest BCUT2D eigenvalue weighted by Gasteiger charge is 2.13. The summed E-state index contributed by atoms with van der Waals surface area (Å²) in [7, 11) is 0. The molecule has 0 bridgehead atoms. The van der Waals surface area contributed by atoms with Crippen LogP contribution in [0.15, 0.2) is 6.07 Å². The van der Waals surface area contributed by atoms with Gasteiger partial charge in [0.1, 0.15) is 0 Å². The molecule has 0 fully saturated rings. The van der Waals surface area contributed by atoms with E-state index in [1.165, 1.54) is 0 Å². The normalized spacial score (nSPS) is 12.2. The monoisotopic (exact) mass is 223 g/mol. The van der Waals surface area contributed by atoms with Gasteiger partial charge in [-0.1, -0.05) is 0 Å². The van der Waals surface area contributed by atoms with Gasteiger partial charge in [-0.25, -0.2) is 0 Å². The van der Waals surface area contributed by atoms with Crippen LogP contribution in [-0.2, 0) is 0 Å². The average Bonchev–Trinajstić information content (AvgIpc) is 2.21. The largest absolute Gasteiger partial charge is 0.396 e. The number of rotatable bonds is 4. The van der Waals surface area contributed by atoms with Gasteiger partial charge in [-0.2, -0.15) is 10.2 Å². The molecule has 1 aromatic heterocycles. The van der Waals surface area contributed by atoms with E-state index in [1.807, 2.05) is 6.92 Å². The molecule has 1 amide bonds. The van der Waals surface area contributed by atoms with Gasteiger partial charge in [0.15, 0.2) is 0 Å². The first-order valence-corrected chi connectivity index (χ1v) is 5.27. The van der Waals surface area contributed by atoms with Crippen molar-refractivity contribution in [3.8, 4) is 0 Å². The highest BCUT2D eigenvalue weighted by atomic mass is 16.3. The molecule has 88 valence electrons. The molecule has 0 aliphatic carbocycles. The summed E-state index contributed by atoms with van der Waals surface area (Å²) in [4.78, 5) is 11.8. The van der Waals surface area contributed by atoms with Gasteiger partial charge in [0.25, 0.3) is 5.91 Å². The summed E-state index contributed by atoms with van der Waals surface area (Å²) in [6, 6.07) is 1.66. The molecular weight excluding hydrogens is 206 g/mol. The van der Waals surface area contributed by atoms with Crippen molar-refractivity contribution in [2.75, 3.05) is 6.61 Å². The van der Waals surface area contributed by atoms with Crippen LogP contribution in [0.5, 0.6) is 0 Å². The third-order valence-corrected chi connectivity index (χ3v) is 2.28. The zero-order valence-corrected chi connectivity index (χ0v) is 9.82. The number of aliphatic hydroxyl groups excluding tert-OH is 1. The molecular formula is C11H17N3O2. The number of carbonyl (C=O) groups excluding carboxylic acids is 1. The maximum Gasteiger partial charge on any atom is 0.253 e. The molecule has 1 rings (SSSR count). The zero-order chi connectivity index (χ0) is 12.1. The molecule has 1 aromatic rings. The minimum absolute atomic E-state index is 0.0506. The quantitative estimate of drug-likeness (QED) is 0.783. The first-order chi connectivity index (χ1) is 7.54. The standard InChI is InChI=1S/C11H17N3O2/c1-7(4-5-15)12-11(16)10-6-8(2)13-14-9(10)3/h6-7,15H,4-5H2,1-3H3,(H,12,16). The maximum absolute atomic E-state index is 11.8. The number of nitrogens with zero attached hydrogens (tertiary/aromatic N) is 2. The van der Waals surface area contributed by atoms with Crippen LogP contribution in [0.2, 0.25) is 0 Å². The van der Waals surface area contributed by atoms with Crippen molar-refractivity contribution in [1.29, 1.82) is 0 Å². The number of aliphatic hydroxyl groups is 1. The fraction of sp³-hybridized carbons (Fsp3) is 0.545. The summed E-state index contributed by atoms with van der Waals surface area (Å²) >= 11 is 0. The molecule has 0 aliphatic rings. The van der Waals surface area contributed by atoms with Crippen molar-refractivity contribution < 1.29 is 9.90 Å². The molecule has 1 unspecified atom stereocenters. The number of carbonyl (C=O) groups is 1. The van der Waals surface area contributed by atoms with E-state index < -0.39 is 0 Å². The predicted molar refractivity (Wildman–Crippen MR) is 60.1 cm³/mol. The topological polar surface area (TPSA) is 75.1 Å². The molecule has 5 nitrogen and oxygen atoms in total. The molecule has 0 aliphatic heterocycles. The van der Waals surface area contributed by atoms with Gasteiger partial charge >= 0.3 is 0 Å². The Labute approximate surface area is 94.9 Å². The van der Waals surface area contributed by atoms with Crippen LogP contribution in [-0.4, -0.2) is 33.9 Å². The molecule has 0 radical (unpaired) electrons. The SMILES string of the molecule is Cc1cc(C(=O)NC(C)CCO)c(C)nn1. The van der Waals surface area contributed by atoms with Crippen molar-refractivity contribution in [1.82, 2.24) is 15.5 Å². The van der Waals surface area contributed by atoms with Gasteiger partial charge in [-0.15, -0.1) is 0 Å². The van der Waals surface area contributed by atoms with Crippen LogP contribution < -0.4 is 5.32 Å². The second kappa shape index (κ2) is 5.55. The van der Waals surface area contributed by atoms with E-state index in [4.69, 9.17) is 5.11 Å². The summed E-state index contributed by atoms with van der Waals surface area (Å²) in [6.07, 6.45) is 0.544. The van der Waals surface area contributed by atoms with Crippen LogP contribution in [0.3, 0.4) is 0 Å². The lowest BCUT2D eigenvalue weighted by molar-refractivity contribution is 0.0933. The number of amides is 1. The Hall–Kier alpha value is -1.49. The minimum Gasteiger partial charge on any atom is -0.396 e. The van der Waals surface area contributed by atoms with Crippen LogP contribution in [0.4, 0.5) is 0 Å². The highest BCUT2D eigenvalue weighted by Crippen LogP contribution is 2.05. The van der Waals surface area contributed by atoms with E-state index in [9.17, 15) is 4.79 Å². The Bertz CT molecular complexity index is 379. The Morgan fingerprint density at radius 3 is 2.81 bits per heavy atom. The van der Waals surface area contributed by atoms with Crippen molar-refractivity contribution in [3.63, 3.8) is 0 Å². The molecule has 0 saturated carbocycles. The number of aryl methyl sites for hydroxylation is 2. The van der Waals surface area contributed by atoms with Crippen molar-refractivity contribution in [2.24, 2.45) is 0 Å². The third kappa shape index (κ3) is 3.27. The number of aromatic nitrogens is 2. The van der Waals surface area contributed by atoms with E-state index in [0.29, 0.717) is 23.4 Å². The van der Waals surface area contributed by atoms with Crippen molar-refractivity contribution in [2.45, 2.75) is 33.2 Å². The number of hydrogen-bond donors (Lipinski definition) is 2. The molecule has 0 saturated heterocycles. The first kappa shape index (κ1) is 12.6. The predicted octanol–water partition coefficient (Wildman–Crippen LogP) is 0.594. The fourth-order valence-corrected chi connectivity index (χ4v) is 1.35. The molecule has 2 N–H and O–H groups in total. The molecule has 0 spiro atoms. The van der Waals surface area contributed by atoms with Gasteiger partial charge in [0, 0.05) is 12.6 Å². The van der Waals surface area contributed by atoms with E-state index >= 15 is 0 Å². The van der Waals surface area contributed by atoms with Gasteiger partial charge in [-0.05, 0) is 33.3 Å². The maximum atomic E-state index is 11.8. The molecule has 5 heteroatoms. The molecule has 1 heterocycles. The lowest BCUT2D eigenvalue weighted by Crippen LogP contribution is -2.33. The van der Waals surface area contributed by atoms with Gasteiger partial charge < -0.3 is 10.4 Å². The Kier molecular flexibility index (Phi) is 4.37. The van der Waals surface area contributed by atoms with Crippen LogP contribution in [0.1, 0.15) is 35.1 Å². The van der Waals surface area contributed by atoms with E-state index in [1.54, 1.807) is 19.9 Å². The second-order valence-corrected chi connectivity index (χ2v) is 3.87. The van der Waals surface area contributed by atoms with Crippen molar-refractivity contribution in [3.05, 3.63) is 23.0 Å². The summed E-state index contributed by atoms with van der Waals surface area (Å²) in [6.45, 7) is 5.46. The summed E-state index contributed by atoms with van der Waals surface area (Å²) in [5.41, 5.74) is 1.86. The summed E-state index contributed by atoms with van der Waals surface area (Å²) in [5, 5.41) is 19.3. The average molecular weight is 223 g/mol.